The van der Waals surface area contributed by atoms with E-state index < -0.39 is 5.54 Å². The zero-order chi connectivity index (χ0) is 24.2. The molecule has 0 bridgehead atoms. The lowest BCUT2D eigenvalue weighted by Gasteiger charge is -2.33. The molecule has 1 amide bonds. The molecule has 176 valence electrons. The van der Waals surface area contributed by atoms with Gasteiger partial charge in [-0.1, -0.05) is 32.9 Å². The standard InChI is InChI=1S/C26H32FN3O3/c1-25(2,3)17-26(4,5)29-23(31)22-15-28-30(20-11-13-21(32-6)14-12-20)24(22)33-16-18-7-9-19(27)10-8-18/h7-15H,16-17H2,1-6H3,(H,29,31). The predicted molar refractivity (Wildman–Crippen MR) is 126 cm³/mol. The highest BCUT2D eigenvalue weighted by atomic mass is 19.1. The molecule has 0 fully saturated rings. The molecule has 3 rings (SSSR count). The Hall–Kier alpha value is -3.35. The highest BCUT2D eigenvalue weighted by Gasteiger charge is 2.30. The molecule has 2 aromatic carbocycles. The maximum atomic E-state index is 13.3. The van der Waals surface area contributed by atoms with Crippen molar-refractivity contribution < 1.29 is 18.7 Å². The Labute approximate surface area is 194 Å². The molecule has 3 aromatic rings. The van der Waals surface area contributed by atoms with Gasteiger partial charge in [0.2, 0.25) is 5.88 Å². The van der Waals surface area contributed by atoms with E-state index in [1.807, 2.05) is 38.1 Å². The molecule has 1 heterocycles. The third-order valence-electron chi connectivity index (χ3n) is 5.00. The quantitative estimate of drug-likeness (QED) is 0.486. The van der Waals surface area contributed by atoms with Crippen molar-refractivity contribution in [3.63, 3.8) is 0 Å². The van der Waals surface area contributed by atoms with E-state index in [2.05, 4.69) is 31.2 Å². The van der Waals surface area contributed by atoms with Crippen LogP contribution in [0.15, 0.2) is 54.7 Å². The predicted octanol–water partition coefficient (Wildman–Crippen LogP) is 5.54. The number of ether oxygens (including phenoxy) is 2. The lowest BCUT2D eigenvalue weighted by molar-refractivity contribution is 0.0886. The maximum absolute atomic E-state index is 13.3. The van der Waals surface area contributed by atoms with Crippen molar-refractivity contribution >= 4 is 5.91 Å². The van der Waals surface area contributed by atoms with Gasteiger partial charge in [0, 0.05) is 5.54 Å². The summed E-state index contributed by atoms with van der Waals surface area (Å²) in [6.07, 6.45) is 2.30. The van der Waals surface area contributed by atoms with Crippen LogP contribution in [0.25, 0.3) is 5.69 Å². The number of hydrogen-bond donors (Lipinski definition) is 1. The summed E-state index contributed by atoms with van der Waals surface area (Å²) in [5.74, 6) is 0.441. The fraction of sp³-hybridized carbons (Fsp3) is 0.385. The number of nitrogens with zero attached hydrogens (tertiary/aromatic N) is 2. The van der Waals surface area contributed by atoms with Gasteiger partial charge in [-0.2, -0.15) is 5.10 Å². The third-order valence-corrected chi connectivity index (χ3v) is 5.00. The molecule has 1 aromatic heterocycles. The molecule has 1 N–H and O–H groups in total. The number of benzene rings is 2. The zero-order valence-electron chi connectivity index (χ0n) is 20.1. The van der Waals surface area contributed by atoms with Gasteiger partial charge in [0.15, 0.2) is 0 Å². The fourth-order valence-electron chi connectivity index (χ4n) is 4.02. The highest BCUT2D eigenvalue weighted by Crippen LogP contribution is 2.29. The molecule has 0 saturated carbocycles. The summed E-state index contributed by atoms with van der Waals surface area (Å²) in [7, 11) is 1.60. The van der Waals surface area contributed by atoms with E-state index in [1.54, 1.807) is 23.9 Å². The number of rotatable bonds is 8. The first-order chi connectivity index (χ1) is 15.5. The second-order valence-corrected chi connectivity index (χ2v) is 9.96. The number of carbonyl (C=O) groups is 1. The van der Waals surface area contributed by atoms with Crippen LogP contribution in [0.5, 0.6) is 11.6 Å². The number of methoxy groups -OCH3 is 1. The van der Waals surface area contributed by atoms with Crippen LogP contribution in [0.2, 0.25) is 0 Å². The van der Waals surface area contributed by atoms with E-state index in [0.29, 0.717) is 17.2 Å². The Morgan fingerprint density at radius 3 is 2.24 bits per heavy atom. The molecule has 6 nitrogen and oxygen atoms in total. The van der Waals surface area contributed by atoms with E-state index in [0.717, 1.165) is 17.7 Å². The summed E-state index contributed by atoms with van der Waals surface area (Å²) < 4.78 is 26.2. The minimum atomic E-state index is -0.425. The number of halogens is 1. The van der Waals surface area contributed by atoms with Gasteiger partial charge >= 0.3 is 0 Å². The smallest absolute Gasteiger partial charge is 0.258 e. The first-order valence-electron chi connectivity index (χ1n) is 10.9. The second kappa shape index (κ2) is 9.65. The monoisotopic (exact) mass is 453 g/mol. The Morgan fingerprint density at radius 1 is 1.03 bits per heavy atom. The van der Waals surface area contributed by atoms with E-state index in [4.69, 9.17) is 9.47 Å². The minimum absolute atomic E-state index is 0.0476. The molecule has 0 aliphatic carbocycles. The van der Waals surface area contributed by atoms with Crippen molar-refractivity contribution in [3.8, 4) is 17.3 Å². The molecule has 33 heavy (non-hydrogen) atoms. The van der Waals surface area contributed by atoms with Crippen molar-refractivity contribution in [2.24, 2.45) is 5.41 Å². The topological polar surface area (TPSA) is 65.4 Å². The van der Waals surface area contributed by atoms with Gasteiger partial charge < -0.3 is 14.8 Å². The highest BCUT2D eigenvalue weighted by molar-refractivity contribution is 5.96. The first-order valence-corrected chi connectivity index (χ1v) is 10.9. The first kappa shape index (κ1) is 24.3. The van der Waals surface area contributed by atoms with Gasteiger partial charge in [-0.3, -0.25) is 4.79 Å². The Balaban J connectivity index is 1.92. The van der Waals surface area contributed by atoms with Crippen LogP contribution in [0.3, 0.4) is 0 Å². The molecule has 0 saturated heterocycles. The zero-order valence-corrected chi connectivity index (χ0v) is 20.1. The molecule has 0 spiro atoms. The van der Waals surface area contributed by atoms with Gasteiger partial charge in [-0.25, -0.2) is 9.07 Å². The summed E-state index contributed by atoms with van der Waals surface area (Å²) in [4.78, 5) is 13.3. The summed E-state index contributed by atoms with van der Waals surface area (Å²) in [5.41, 5.74) is 1.45. The van der Waals surface area contributed by atoms with Crippen LogP contribution >= 0.6 is 0 Å². The van der Waals surface area contributed by atoms with Crippen LogP contribution in [0, 0.1) is 11.2 Å². The number of carbonyl (C=O) groups excluding carboxylic acids is 1. The molecule has 0 unspecified atom stereocenters. The summed E-state index contributed by atoms with van der Waals surface area (Å²) >= 11 is 0. The second-order valence-electron chi connectivity index (χ2n) is 9.96. The third kappa shape index (κ3) is 6.57. The molecular weight excluding hydrogens is 421 g/mol. The lowest BCUT2D eigenvalue weighted by atomic mass is 9.81. The van der Waals surface area contributed by atoms with Gasteiger partial charge in [0.25, 0.3) is 5.91 Å². The summed E-state index contributed by atoms with van der Waals surface area (Å²) in [6.45, 7) is 10.6. The van der Waals surface area contributed by atoms with Crippen molar-refractivity contribution in [3.05, 3.63) is 71.7 Å². The number of aromatic nitrogens is 2. The Bertz CT molecular complexity index is 1080. The van der Waals surface area contributed by atoms with Crippen LogP contribution in [-0.4, -0.2) is 28.3 Å². The van der Waals surface area contributed by atoms with E-state index in [9.17, 15) is 9.18 Å². The summed E-state index contributed by atoms with van der Waals surface area (Å²) in [5, 5.41) is 7.54. The molecule has 7 heteroatoms. The maximum Gasteiger partial charge on any atom is 0.258 e. The summed E-state index contributed by atoms with van der Waals surface area (Å²) in [6, 6.07) is 13.3. The van der Waals surface area contributed by atoms with Gasteiger partial charge in [0.1, 0.15) is 23.7 Å². The number of nitrogens with one attached hydrogen (secondary N) is 1. The van der Waals surface area contributed by atoms with Crippen LogP contribution in [0.1, 0.15) is 57.0 Å². The van der Waals surface area contributed by atoms with Gasteiger partial charge in [0.05, 0.1) is 19.0 Å². The largest absolute Gasteiger partial charge is 0.497 e. The van der Waals surface area contributed by atoms with Crippen molar-refractivity contribution in [1.82, 2.24) is 15.1 Å². The van der Waals surface area contributed by atoms with Gasteiger partial charge in [-0.15, -0.1) is 0 Å². The SMILES string of the molecule is COc1ccc(-n2ncc(C(=O)NC(C)(C)CC(C)(C)C)c2OCc2ccc(F)cc2)cc1. The fourth-order valence-corrected chi connectivity index (χ4v) is 4.02. The number of amides is 1. The molecule has 0 aliphatic heterocycles. The van der Waals surface area contributed by atoms with Crippen LogP contribution in [-0.2, 0) is 6.61 Å². The van der Waals surface area contributed by atoms with E-state index >= 15 is 0 Å². The number of hydrogen-bond acceptors (Lipinski definition) is 4. The average molecular weight is 454 g/mol. The molecular formula is C26H32FN3O3. The van der Waals surface area contributed by atoms with E-state index in [1.165, 1.54) is 18.3 Å². The molecule has 0 atom stereocenters. The Morgan fingerprint density at radius 2 is 1.67 bits per heavy atom. The molecule has 0 aliphatic rings. The lowest BCUT2D eigenvalue weighted by Crippen LogP contribution is -2.45. The van der Waals surface area contributed by atoms with E-state index in [-0.39, 0.29) is 23.7 Å². The van der Waals surface area contributed by atoms with Crippen LogP contribution < -0.4 is 14.8 Å². The Kier molecular flexibility index (Phi) is 7.10. The van der Waals surface area contributed by atoms with Crippen LogP contribution in [0.4, 0.5) is 4.39 Å². The van der Waals surface area contributed by atoms with Crippen molar-refractivity contribution in [2.75, 3.05) is 7.11 Å². The molecule has 0 radical (unpaired) electrons. The minimum Gasteiger partial charge on any atom is -0.497 e. The van der Waals surface area contributed by atoms with Gasteiger partial charge in [-0.05, 0) is 67.6 Å². The van der Waals surface area contributed by atoms with Crippen molar-refractivity contribution in [2.45, 2.75) is 53.2 Å². The normalized spacial score (nSPS) is 11.8. The van der Waals surface area contributed by atoms with Crippen molar-refractivity contribution in [1.29, 1.82) is 0 Å². The average Bonchev–Trinajstić information content (AvgIpc) is 3.15.